The molecule has 0 aromatic carbocycles. The van der Waals surface area contributed by atoms with Gasteiger partial charge < -0.3 is 14.6 Å². The normalized spacial score (nSPS) is 17.0. The zero-order valence-electron chi connectivity index (χ0n) is 15.2. The minimum Gasteiger partial charge on any atom is -0.373 e. The maximum atomic E-state index is 13.1. The molecular formula is C19H22N6O. The molecule has 134 valence electrons. The number of carbonyl (C=O) groups excluding carboxylic acids is 1. The Morgan fingerprint density at radius 3 is 2.85 bits per heavy atom. The van der Waals surface area contributed by atoms with E-state index in [0.29, 0.717) is 18.1 Å². The highest BCUT2D eigenvalue weighted by atomic mass is 16.2. The predicted octanol–water partition coefficient (Wildman–Crippen LogP) is 2.76. The third-order valence-corrected chi connectivity index (χ3v) is 4.79. The number of carbonyl (C=O) groups is 1. The van der Waals surface area contributed by atoms with Crippen LogP contribution in [0.1, 0.15) is 46.5 Å². The van der Waals surface area contributed by atoms with E-state index in [0.717, 1.165) is 35.6 Å². The van der Waals surface area contributed by atoms with E-state index in [4.69, 9.17) is 0 Å². The molecule has 0 radical (unpaired) electrons. The third kappa shape index (κ3) is 2.89. The second-order valence-electron chi connectivity index (χ2n) is 6.73. The van der Waals surface area contributed by atoms with Gasteiger partial charge in [0.05, 0.1) is 11.7 Å². The fraction of sp³-hybridized carbons (Fsp3) is 0.368. The molecule has 0 spiro atoms. The molecule has 1 aliphatic rings. The molecule has 3 aromatic heterocycles. The first-order valence-corrected chi connectivity index (χ1v) is 8.85. The predicted molar refractivity (Wildman–Crippen MR) is 99.3 cm³/mol. The number of fused-ring (bicyclic) bond motifs is 1. The summed E-state index contributed by atoms with van der Waals surface area (Å²) in [6.07, 6.45) is 5.65. The number of aryl methyl sites for hydroxylation is 2. The van der Waals surface area contributed by atoms with E-state index in [2.05, 4.69) is 20.3 Å². The molecule has 0 bridgehead atoms. The van der Waals surface area contributed by atoms with E-state index in [9.17, 15) is 4.79 Å². The molecule has 1 aliphatic heterocycles. The number of imidazole rings is 1. The number of nitrogens with zero attached hydrogens (tertiary/aromatic N) is 5. The fourth-order valence-electron chi connectivity index (χ4n) is 3.56. The minimum absolute atomic E-state index is 0.0390. The van der Waals surface area contributed by atoms with Crippen LogP contribution in [0.15, 0.2) is 30.6 Å². The highest BCUT2D eigenvalue weighted by Gasteiger charge is 2.33. The van der Waals surface area contributed by atoms with E-state index in [1.165, 1.54) is 0 Å². The molecule has 1 N–H and O–H groups in total. The minimum atomic E-state index is -0.0453. The first kappa shape index (κ1) is 16.5. The molecule has 3 aromatic rings. The van der Waals surface area contributed by atoms with Crippen LogP contribution >= 0.6 is 0 Å². The Morgan fingerprint density at radius 1 is 1.19 bits per heavy atom. The summed E-state index contributed by atoms with van der Waals surface area (Å²) in [6.45, 7) is 4.61. The Bertz CT molecular complexity index is 979. The zero-order chi connectivity index (χ0) is 18.3. The Morgan fingerprint density at radius 2 is 2.04 bits per heavy atom. The smallest absolute Gasteiger partial charge is 0.274 e. The van der Waals surface area contributed by atoms with Crippen LogP contribution in [-0.4, -0.2) is 43.8 Å². The highest BCUT2D eigenvalue weighted by Crippen LogP contribution is 2.32. The van der Waals surface area contributed by atoms with Gasteiger partial charge in [-0.15, -0.1) is 0 Å². The van der Waals surface area contributed by atoms with Crippen molar-refractivity contribution in [1.29, 1.82) is 0 Å². The van der Waals surface area contributed by atoms with Gasteiger partial charge in [0.2, 0.25) is 0 Å². The van der Waals surface area contributed by atoms with Gasteiger partial charge in [-0.3, -0.25) is 4.79 Å². The average molecular weight is 350 g/mol. The number of pyridine rings is 1. The number of hydrogen-bond acceptors (Lipinski definition) is 5. The Kier molecular flexibility index (Phi) is 4.06. The van der Waals surface area contributed by atoms with Crippen LogP contribution in [0.4, 0.5) is 5.82 Å². The van der Waals surface area contributed by atoms with Crippen molar-refractivity contribution in [2.45, 2.75) is 32.7 Å². The number of likely N-dealkylation sites (tertiary alicyclic amines) is 1. The van der Waals surface area contributed by atoms with Crippen LogP contribution in [0, 0.1) is 13.8 Å². The van der Waals surface area contributed by atoms with Crippen molar-refractivity contribution < 1.29 is 4.79 Å². The molecule has 1 amide bonds. The van der Waals surface area contributed by atoms with Crippen LogP contribution in [-0.2, 0) is 0 Å². The zero-order valence-corrected chi connectivity index (χ0v) is 15.2. The van der Waals surface area contributed by atoms with Gasteiger partial charge in [0.1, 0.15) is 23.0 Å². The quantitative estimate of drug-likeness (QED) is 0.786. The van der Waals surface area contributed by atoms with E-state index < -0.39 is 0 Å². The Labute approximate surface area is 152 Å². The maximum Gasteiger partial charge on any atom is 0.274 e. The summed E-state index contributed by atoms with van der Waals surface area (Å²) in [4.78, 5) is 28.4. The van der Waals surface area contributed by atoms with Crippen LogP contribution in [0.2, 0.25) is 0 Å². The summed E-state index contributed by atoms with van der Waals surface area (Å²) in [7, 11) is 1.84. The molecule has 0 aliphatic carbocycles. The monoisotopic (exact) mass is 350 g/mol. The lowest BCUT2D eigenvalue weighted by Gasteiger charge is -2.24. The number of rotatable bonds is 3. The molecule has 4 rings (SSSR count). The molecule has 1 saturated heterocycles. The molecule has 1 atom stereocenters. The molecule has 4 heterocycles. The third-order valence-electron chi connectivity index (χ3n) is 4.79. The summed E-state index contributed by atoms with van der Waals surface area (Å²) in [6, 6.07) is 5.82. The molecule has 0 saturated carbocycles. The highest BCUT2D eigenvalue weighted by molar-refractivity contribution is 5.93. The average Bonchev–Trinajstić information content (AvgIpc) is 3.27. The Hall–Kier alpha value is -2.96. The van der Waals surface area contributed by atoms with Gasteiger partial charge >= 0.3 is 0 Å². The number of aromatic nitrogens is 4. The van der Waals surface area contributed by atoms with Crippen LogP contribution in [0.25, 0.3) is 5.65 Å². The van der Waals surface area contributed by atoms with Crippen LogP contribution in [0.3, 0.4) is 0 Å². The topological polar surface area (TPSA) is 75.4 Å². The second-order valence-corrected chi connectivity index (χ2v) is 6.73. The lowest BCUT2D eigenvalue weighted by Crippen LogP contribution is -2.31. The van der Waals surface area contributed by atoms with E-state index >= 15 is 0 Å². The van der Waals surface area contributed by atoms with E-state index in [1.54, 1.807) is 0 Å². The fourth-order valence-corrected chi connectivity index (χ4v) is 3.56. The lowest BCUT2D eigenvalue weighted by atomic mass is 10.1. The van der Waals surface area contributed by atoms with Gasteiger partial charge in [0, 0.05) is 32.1 Å². The number of hydrogen-bond donors (Lipinski definition) is 1. The summed E-state index contributed by atoms with van der Waals surface area (Å²) >= 11 is 0. The molecule has 7 nitrogen and oxygen atoms in total. The van der Waals surface area contributed by atoms with Gasteiger partial charge in [-0.1, -0.05) is 6.07 Å². The van der Waals surface area contributed by atoms with Crippen molar-refractivity contribution in [3.63, 3.8) is 0 Å². The van der Waals surface area contributed by atoms with Crippen molar-refractivity contribution in [2.75, 3.05) is 18.9 Å². The first-order valence-electron chi connectivity index (χ1n) is 8.85. The van der Waals surface area contributed by atoms with E-state index in [-0.39, 0.29) is 11.9 Å². The lowest BCUT2D eigenvalue weighted by molar-refractivity contribution is 0.0727. The number of nitrogens with one attached hydrogen (secondary N) is 1. The van der Waals surface area contributed by atoms with E-state index in [1.807, 2.05) is 60.8 Å². The van der Waals surface area contributed by atoms with Crippen molar-refractivity contribution in [3.8, 4) is 0 Å². The van der Waals surface area contributed by atoms with Crippen molar-refractivity contribution in [3.05, 3.63) is 53.4 Å². The Balaban J connectivity index is 1.67. The molecular weight excluding hydrogens is 328 g/mol. The summed E-state index contributed by atoms with van der Waals surface area (Å²) in [5, 5.41) is 3.06. The standard InChI is InChI=1S/C19H22N6O/c1-12-6-7-18-23-15(11-24(18)10-12)19(26)25-8-4-5-16(25)14-9-17(20-3)22-13(2)21-14/h6-7,9-11,16H,4-5,8H2,1-3H3,(H,20,21,22)/t16-/m1/s1. The van der Waals surface area contributed by atoms with Gasteiger partial charge in [0.15, 0.2) is 0 Å². The maximum absolute atomic E-state index is 13.1. The van der Waals surface area contributed by atoms with Crippen LogP contribution < -0.4 is 5.32 Å². The first-order chi connectivity index (χ1) is 12.5. The number of anilines is 1. The summed E-state index contributed by atoms with van der Waals surface area (Å²) < 4.78 is 1.90. The number of amides is 1. The molecule has 7 heteroatoms. The van der Waals surface area contributed by atoms with Gasteiger partial charge in [-0.2, -0.15) is 0 Å². The molecule has 1 fully saturated rings. The van der Waals surface area contributed by atoms with Crippen molar-refractivity contribution in [2.24, 2.45) is 0 Å². The summed E-state index contributed by atoms with van der Waals surface area (Å²) in [5.41, 5.74) is 3.27. The van der Waals surface area contributed by atoms with Gasteiger partial charge in [-0.05, 0) is 38.3 Å². The second kappa shape index (κ2) is 6.40. The molecule has 26 heavy (non-hydrogen) atoms. The van der Waals surface area contributed by atoms with Crippen molar-refractivity contribution >= 4 is 17.4 Å². The van der Waals surface area contributed by atoms with Gasteiger partial charge in [-0.25, -0.2) is 15.0 Å². The van der Waals surface area contributed by atoms with Crippen molar-refractivity contribution in [1.82, 2.24) is 24.3 Å². The largest absolute Gasteiger partial charge is 0.373 e. The summed E-state index contributed by atoms with van der Waals surface area (Å²) in [5.74, 6) is 1.43. The van der Waals surface area contributed by atoms with Crippen LogP contribution in [0.5, 0.6) is 0 Å². The molecule has 0 unspecified atom stereocenters. The SMILES string of the molecule is CNc1cc([C@H]2CCCN2C(=O)c2cn3cc(C)ccc3n2)nc(C)n1. The van der Waals surface area contributed by atoms with Gasteiger partial charge in [0.25, 0.3) is 5.91 Å².